The van der Waals surface area contributed by atoms with Crippen LogP contribution in [0.4, 0.5) is 0 Å². The number of ether oxygens (including phenoxy) is 1. The number of rotatable bonds is 5. The third kappa shape index (κ3) is 3.65. The van der Waals surface area contributed by atoms with Crippen LogP contribution in [0.3, 0.4) is 0 Å². The first kappa shape index (κ1) is 11.0. The fraction of sp³-hybridized carbons (Fsp3) is 1.00. The second-order valence-electron chi connectivity index (χ2n) is 4.02. The number of piperidine rings is 1. The van der Waals surface area contributed by atoms with Crippen molar-refractivity contribution in [2.75, 3.05) is 20.4 Å². The quantitative estimate of drug-likeness (QED) is 0.653. The molecular weight excluding hydrogens is 162 g/mol. The van der Waals surface area contributed by atoms with E-state index in [4.69, 9.17) is 4.74 Å². The van der Waals surface area contributed by atoms with Gasteiger partial charge in [-0.1, -0.05) is 26.2 Å². The summed E-state index contributed by atoms with van der Waals surface area (Å²) in [5, 5.41) is 0. The molecule has 1 fully saturated rings. The summed E-state index contributed by atoms with van der Waals surface area (Å²) in [6, 6.07) is 0.800. The molecule has 1 rings (SSSR count). The van der Waals surface area contributed by atoms with E-state index in [1.807, 2.05) is 0 Å². The van der Waals surface area contributed by atoms with E-state index in [0.717, 1.165) is 12.8 Å². The van der Waals surface area contributed by atoms with E-state index < -0.39 is 0 Å². The molecular formula is C11H23NO. The fourth-order valence-electron chi connectivity index (χ4n) is 2.16. The van der Waals surface area contributed by atoms with Crippen molar-refractivity contribution in [1.29, 1.82) is 0 Å². The third-order valence-electron chi connectivity index (χ3n) is 2.93. The zero-order chi connectivity index (χ0) is 9.52. The van der Waals surface area contributed by atoms with Gasteiger partial charge >= 0.3 is 0 Å². The molecule has 1 unspecified atom stereocenters. The van der Waals surface area contributed by atoms with Crippen molar-refractivity contribution in [3.63, 3.8) is 0 Å². The van der Waals surface area contributed by atoms with Gasteiger partial charge in [0.1, 0.15) is 0 Å². The zero-order valence-corrected chi connectivity index (χ0v) is 9.09. The van der Waals surface area contributed by atoms with E-state index >= 15 is 0 Å². The van der Waals surface area contributed by atoms with E-state index in [2.05, 4.69) is 11.8 Å². The summed E-state index contributed by atoms with van der Waals surface area (Å²) in [4.78, 5) is 2.50. The van der Waals surface area contributed by atoms with Gasteiger partial charge in [0, 0.05) is 19.7 Å². The van der Waals surface area contributed by atoms with Crippen LogP contribution in [0.2, 0.25) is 0 Å². The summed E-state index contributed by atoms with van der Waals surface area (Å²) in [7, 11) is 1.80. The maximum absolute atomic E-state index is 5.22. The maximum Gasteiger partial charge on any atom is 0.0988 e. The van der Waals surface area contributed by atoms with Gasteiger partial charge in [-0.05, 0) is 19.3 Å². The van der Waals surface area contributed by atoms with Crippen LogP contribution in [0, 0.1) is 0 Å². The number of unbranched alkanes of at least 4 members (excludes halogenated alkanes) is 1. The number of hydrogen-bond acceptors (Lipinski definition) is 2. The normalized spacial score (nSPS) is 24.9. The molecule has 0 bridgehead atoms. The molecule has 1 aliphatic rings. The first-order chi connectivity index (χ1) is 6.38. The Hall–Kier alpha value is -0.0800. The van der Waals surface area contributed by atoms with Crippen LogP contribution < -0.4 is 0 Å². The molecule has 0 N–H and O–H groups in total. The summed E-state index contributed by atoms with van der Waals surface area (Å²) in [6.45, 7) is 4.33. The molecule has 1 atom stereocenters. The lowest BCUT2D eigenvalue weighted by atomic mass is 9.98. The summed E-state index contributed by atoms with van der Waals surface area (Å²) in [5.41, 5.74) is 0. The van der Waals surface area contributed by atoms with Crippen molar-refractivity contribution in [3.8, 4) is 0 Å². The lowest BCUT2D eigenvalue weighted by Crippen LogP contribution is -2.40. The Morgan fingerprint density at radius 2 is 2.23 bits per heavy atom. The number of likely N-dealkylation sites (tertiary alicyclic amines) is 1. The van der Waals surface area contributed by atoms with Gasteiger partial charge < -0.3 is 4.74 Å². The molecule has 0 radical (unpaired) electrons. The van der Waals surface area contributed by atoms with Crippen molar-refractivity contribution in [2.24, 2.45) is 0 Å². The average molecular weight is 185 g/mol. The summed E-state index contributed by atoms with van der Waals surface area (Å²) >= 11 is 0. The smallest absolute Gasteiger partial charge is 0.0988 e. The molecule has 1 heterocycles. The highest BCUT2D eigenvalue weighted by atomic mass is 16.5. The zero-order valence-electron chi connectivity index (χ0n) is 9.09. The fourth-order valence-corrected chi connectivity index (χ4v) is 2.16. The van der Waals surface area contributed by atoms with Crippen LogP contribution >= 0.6 is 0 Å². The molecule has 0 aromatic heterocycles. The number of hydrogen-bond donors (Lipinski definition) is 0. The van der Waals surface area contributed by atoms with Gasteiger partial charge in [-0.3, -0.25) is 4.90 Å². The van der Waals surface area contributed by atoms with Crippen molar-refractivity contribution < 1.29 is 4.74 Å². The van der Waals surface area contributed by atoms with Crippen LogP contribution in [0.15, 0.2) is 0 Å². The predicted molar refractivity (Wildman–Crippen MR) is 55.7 cm³/mol. The Balaban J connectivity index is 2.28. The average Bonchev–Trinajstić information content (AvgIpc) is 2.17. The van der Waals surface area contributed by atoms with Crippen molar-refractivity contribution in [1.82, 2.24) is 4.90 Å². The van der Waals surface area contributed by atoms with Gasteiger partial charge in [0.15, 0.2) is 0 Å². The van der Waals surface area contributed by atoms with Crippen LogP contribution in [-0.2, 0) is 4.74 Å². The lowest BCUT2D eigenvalue weighted by Gasteiger charge is -2.35. The molecule has 1 aliphatic heterocycles. The summed E-state index contributed by atoms with van der Waals surface area (Å²) < 4.78 is 5.22. The minimum absolute atomic E-state index is 0.800. The minimum atomic E-state index is 0.800. The number of nitrogens with zero attached hydrogens (tertiary/aromatic N) is 1. The van der Waals surface area contributed by atoms with Gasteiger partial charge in [0.05, 0.1) is 6.73 Å². The number of methoxy groups -OCH3 is 1. The highest BCUT2D eigenvalue weighted by Gasteiger charge is 2.20. The topological polar surface area (TPSA) is 12.5 Å². The summed E-state index contributed by atoms with van der Waals surface area (Å²) in [5.74, 6) is 0. The molecule has 2 nitrogen and oxygen atoms in total. The highest BCUT2D eigenvalue weighted by molar-refractivity contribution is 4.74. The molecule has 0 saturated carbocycles. The first-order valence-corrected chi connectivity index (χ1v) is 5.61. The van der Waals surface area contributed by atoms with E-state index in [9.17, 15) is 0 Å². The van der Waals surface area contributed by atoms with Crippen LogP contribution in [0.5, 0.6) is 0 Å². The molecule has 0 spiro atoms. The van der Waals surface area contributed by atoms with E-state index in [-0.39, 0.29) is 0 Å². The van der Waals surface area contributed by atoms with Gasteiger partial charge in [0.25, 0.3) is 0 Å². The molecule has 0 aromatic rings. The molecule has 2 heteroatoms. The molecule has 0 amide bonds. The Labute approximate surface area is 82.3 Å². The van der Waals surface area contributed by atoms with Crippen LogP contribution in [0.25, 0.3) is 0 Å². The van der Waals surface area contributed by atoms with E-state index in [0.29, 0.717) is 0 Å². The molecule has 13 heavy (non-hydrogen) atoms. The highest BCUT2D eigenvalue weighted by Crippen LogP contribution is 2.20. The van der Waals surface area contributed by atoms with Crippen molar-refractivity contribution in [2.45, 2.75) is 51.5 Å². The maximum atomic E-state index is 5.22. The Kier molecular flexibility index (Phi) is 5.40. The van der Waals surface area contributed by atoms with Crippen LogP contribution in [-0.4, -0.2) is 31.3 Å². The summed E-state index contributed by atoms with van der Waals surface area (Å²) in [6.07, 6.45) is 8.19. The monoisotopic (exact) mass is 185 g/mol. The largest absolute Gasteiger partial charge is 0.369 e. The van der Waals surface area contributed by atoms with Gasteiger partial charge in [0.2, 0.25) is 0 Å². The van der Waals surface area contributed by atoms with Crippen molar-refractivity contribution >= 4 is 0 Å². The molecule has 78 valence electrons. The third-order valence-corrected chi connectivity index (χ3v) is 2.93. The van der Waals surface area contributed by atoms with Gasteiger partial charge in [-0.15, -0.1) is 0 Å². The molecule has 1 saturated heterocycles. The SMILES string of the molecule is CCCCC1CCCCN1COC. The molecule has 0 aromatic carbocycles. The second-order valence-corrected chi connectivity index (χ2v) is 4.02. The predicted octanol–water partition coefficient (Wildman–Crippen LogP) is 2.64. The van der Waals surface area contributed by atoms with Crippen molar-refractivity contribution in [3.05, 3.63) is 0 Å². The standard InChI is InChI=1S/C11H23NO/c1-3-4-7-11-8-5-6-9-12(11)10-13-2/h11H,3-10H2,1-2H3. The first-order valence-electron chi connectivity index (χ1n) is 5.61. The second kappa shape index (κ2) is 6.39. The Morgan fingerprint density at radius 1 is 1.38 bits per heavy atom. The molecule has 0 aliphatic carbocycles. The lowest BCUT2D eigenvalue weighted by molar-refractivity contribution is 0.0119. The van der Waals surface area contributed by atoms with E-state index in [1.54, 1.807) is 7.11 Å². The van der Waals surface area contributed by atoms with Crippen LogP contribution in [0.1, 0.15) is 45.4 Å². The van der Waals surface area contributed by atoms with Gasteiger partial charge in [-0.25, -0.2) is 0 Å². The Bertz CT molecular complexity index is 125. The minimum Gasteiger partial charge on any atom is -0.369 e. The van der Waals surface area contributed by atoms with E-state index in [1.165, 1.54) is 45.1 Å². The van der Waals surface area contributed by atoms with Gasteiger partial charge in [-0.2, -0.15) is 0 Å². The Morgan fingerprint density at radius 3 is 2.92 bits per heavy atom.